The molecule has 0 aliphatic rings. The molecule has 5 aromatic carbocycles. The molecule has 0 aromatic heterocycles. The van der Waals surface area contributed by atoms with E-state index in [0.29, 0.717) is 11.5 Å². The lowest BCUT2D eigenvalue weighted by Crippen LogP contribution is -2.13. The van der Waals surface area contributed by atoms with E-state index in [1.807, 2.05) is 91.0 Å². The van der Waals surface area contributed by atoms with Crippen molar-refractivity contribution in [1.82, 2.24) is 0 Å². The van der Waals surface area contributed by atoms with E-state index in [1.165, 1.54) is 14.2 Å². The molecule has 42 heavy (non-hydrogen) atoms. The van der Waals surface area contributed by atoms with E-state index in [-0.39, 0.29) is 11.1 Å². The van der Waals surface area contributed by atoms with Gasteiger partial charge in [0.05, 0.1) is 39.6 Å². The number of hydrogen-bond donors (Lipinski definition) is 0. The minimum atomic E-state index is -0.643. The number of rotatable bonds is 8. The molecule has 6 heteroatoms. The molecule has 0 aliphatic carbocycles. The van der Waals surface area contributed by atoms with E-state index in [2.05, 4.69) is 6.07 Å². The highest BCUT2D eigenvalue weighted by atomic mass is 16.5. The summed E-state index contributed by atoms with van der Waals surface area (Å²) in [7, 11) is 5.83. The Labute approximate surface area is 245 Å². The molecule has 5 rings (SSSR count). The maximum absolute atomic E-state index is 13.0. The number of benzene rings is 5. The summed E-state index contributed by atoms with van der Waals surface area (Å²) in [4.78, 5) is 26.0. The summed E-state index contributed by atoms with van der Waals surface area (Å²) in [5.41, 5.74) is 7.04. The van der Waals surface area contributed by atoms with Crippen molar-refractivity contribution in [2.24, 2.45) is 0 Å². The average Bonchev–Trinajstić information content (AvgIpc) is 3.07. The van der Waals surface area contributed by atoms with Crippen LogP contribution >= 0.6 is 0 Å². The van der Waals surface area contributed by atoms with Crippen LogP contribution in [0.3, 0.4) is 0 Å². The molecule has 0 radical (unpaired) electrons. The van der Waals surface area contributed by atoms with E-state index >= 15 is 0 Å². The zero-order chi connectivity index (χ0) is 29.6. The van der Waals surface area contributed by atoms with Crippen LogP contribution in [0.2, 0.25) is 0 Å². The van der Waals surface area contributed by atoms with Crippen LogP contribution in [0.15, 0.2) is 109 Å². The molecule has 0 bridgehead atoms. The van der Waals surface area contributed by atoms with Gasteiger partial charge in [0.2, 0.25) is 0 Å². The number of ether oxygens (including phenoxy) is 4. The van der Waals surface area contributed by atoms with Gasteiger partial charge in [0.1, 0.15) is 11.5 Å². The van der Waals surface area contributed by atoms with E-state index in [1.54, 1.807) is 26.4 Å². The molecule has 0 heterocycles. The van der Waals surface area contributed by atoms with E-state index in [9.17, 15) is 9.59 Å². The average molecular weight is 559 g/mol. The fraction of sp³-hybridized carbons (Fsp3) is 0.111. The van der Waals surface area contributed by atoms with Gasteiger partial charge in [0.15, 0.2) is 0 Å². The van der Waals surface area contributed by atoms with Gasteiger partial charge in [0, 0.05) is 5.56 Å². The molecule has 6 nitrogen and oxygen atoms in total. The van der Waals surface area contributed by atoms with Crippen molar-refractivity contribution < 1.29 is 28.5 Å². The summed E-state index contributed by atoms with van der Waals surface area (Å²) >= 11 is 0. The van der Waals surface area contributed by atoms with Crippen molar-refractivity contribution in [1.29, 1.82) is 0 Å². The largest absolute Gasteiger partial charge is 0.497 e. The zero-order valence-electron chi connectivity index (χ0n) is 23.8. The molecule has 0 unspecified atom stereocenters. The Morgan fingerprint density at radius 2 is 0.905 bits per heavy atom. The lowest BCUT2D eigenvalue weighted by atomic mass is 9.84. The smallest absolute Gasteiger partial charge is 0.338 e. The van der Waals surface area contributed by atoms with Crippen LogP contribution in [-0.2, 0) is 9.47 Å². The molecule has 0 N–H and O–H groups in total. The van der Waals surface area contributed by atoms with Gasteiger partial charge in [-0.05, 0) is 75.3 Å². The second kappa shape index (κ2) is 12.4. The Hall–Kier alpha value is -5.36. The summed E-state index contributed by atoms with van der Waals surface area (Å²) in [6.45, 7) is 0. The van der Waals surface area contributed by atoms with Gasteiger partial charge < -0.3 is 18.9 Å². The third-order valence-electron chi connectivity index (χ3n) is 7.17. The van der Waals surface area contributed by atoms with Gasteiger partial charge in [-0.25, -0.2) is 9.59 Å². The molecular weight excluding hydrogens is 528 g/mol. The minimum Gasteiger partial charge on any atom is -0.497 e. The van der Waals surface area contributed by atoms with Gasteiger partial charge in [-0.15, -0.1) is 0 Å². The van der Waals surface area contributed by atoms with Crippen LogP contribution in [0.25, 0.3) is 44.5 Å². The van der Waals surface area contributed by atoms with Crippen LogP contribution in [0.1, 0.15) is 20.7 Å². The summed E-state index contributed by atoms with van der Waals surface area (Å²) in [5, 5.41) is 0. The zero-order valence-corrected chi connectivity index (χ0v) is 23.8. The number of carbonyl (C=O) groups excluding carboxylic acids is 2. The van der Waals surface area contributed by atoms with Crippen LogP contribution in [-0.4, -0.2) is 40.4 Å². The molecule has 0 spiro atoms. The Bertz CT molecular complexity index is 1730. The molecule has 0 aliphatic heterocycles. The topological polar surface area (TPSA) is 71.1 Å². The molecule has 0 saturated heterocycles. The maximum Gasteiger partial charge on any atom is 0.338 e. The molecular formula is C36H30O6. The Morgan fingerprint density at radius 1 is 0.452 bits per heavy atom. The highest BCUT2D eigenvalue weighted by Gasteiger charge is 2.25. The highest BCUT2D eigenvalue weighted by molar-refractivity contribution is 6.07. The number of methoxy groups -OCH3 is 4. The van der Waals surface area contributed by atoms with Crippen LogP contribution < -0.4 is 9.47 Å². The van der Waals surface area contributed by atoms with Crippen molar-refractivity contribution in [3.05, 3.63) is 120 Å². The second-order valence-corrected chi connectivity index (χ2v) is 9.49. The first-order valence-corrected chi connectivity index (χ1v) is 13.3. The SMILES string of the molecule is COC(=O)c1cc(-c2ccc(OC)cc2)c(-c2cc(-c3ccccc3)c(OC)cc2-c2ccccc2)cc1C(=O)OC. The molecule has 5 aromatic rings. The van der Waals surface area contributed by atoms with Gasteiger partial charge in [0.25, 0.3) is 0 Å². The fourth-order valence-corrected chi connectivity index (χ4v) is 5.06. The Kier molecular flexibility index (Phi) is 8.34. The quantitative estimate of drug-likeness (QED) is 0.180. The molecule has 0 fully saturated rings. The van der Waals surface area contributed by atoms with E-state index in [4.69, 9.17) is 18.9 Å². The van der Waals surface area contributed by atoms with Crippen molar-refractivity contribution in [3.8, 4) is 56.0 Å². The van der Waals surface area contributed by atoms with Gasteiger partial charge in [-0.3, -0.25) is 0 Å². The third kappa shape index (κ3) is 5.47. The second-order valence-electron chi connectivity index (χ2n) is 9.49. The number of hydrogen-bond acceptors (Lipinski definition) is 6. The first kappa shape index (κ1) is 28.2. The predicted octanol–water partition coefficient (Wildman–Crippen LogP) is 7.95. The van der Waals surface area contributed by atoms with Crippen LogP contribution in [0, 0.1) is 0 Å². The van der Waals surface area contributed by atoms with E-state index < -0.39 is 11.9 Å². The van der Waals surface area contributed by atoms with Crippen LogP contribution in [0.4, 0.5) is 0 Å². The monoisotopic (exact) mass is 558 g/mol. The Morgan fingerprint density at radius 3 is 1.40 bits per heavy atom. The van der Waals surface area contributed by atoms with E-state index in [0.717, 1.165) is 44.5 Å². The summed E-state index contributed by atoms with van der Waals surface area (Å²) in [6.07, 6.45) is 0. The van der Waals surface area contributed by atoms with Crippen molar-refractivity contribution in [2.45, 2.75) is 0 Å². The first-order chi connectivity index (χ1) is 20.5. The van der Waals surface area contributed by atoms with Crippen molar-refractivity contribution in [3.63, 3.8) is 0 Å². The highest BCUT2D eigenvalue weighted by Crippen LogP contribution is 2.45. The van der Waals surface area contributed by atoms with Gasteiger partial charge >= 0.3 is 11.9 Å². The molecule has 0 amide bonds. The fourth-order valence-electron chi connectivity index (χ4n) is 5.06. The van der Waals surface area contributed by atoms with Gasteiger partial charge in [-0.2, -0.15) is 0 Å². The predicted molar refractivity (Wildman–Crippen MR) is 164 cm³/mol. The number of esters is 2. The summed E-state index contributed by atoms with van der Waals surface area (Å²) in [6, 6.07) is 34.9. The number of carbonyl (C=O) groups is 2. The Balaban J connectivity index is 1.91. The third-order valence-corrected chi connectivity index (χ3v) is 7.17. The lowest BCUT2D eigenvalue weighted by Gasteiger charge is -2.21. The molecule has 210 valence electrons. The van der Waals surface area contributed by atoms with Crippen molar-refractivity contribution in [2.75, 3.05) is 28.4 Å². The lowest BCUT2D eigenvalue weighted by molar-refractivity contribution is 0.0555. The summed E-state index contributed by atoms with van der Waals surface area (Å²) < 4.78 is 21.4. The molecule has 0 atom stereocenters. The first-order valence-electron chi connectivity index (χ1n) is 13.3. The standard InChI is InChI=1S/C36H30O6/c1-39-26-17-15-25(16-18-26)27-19-32(35(37)41-3)33(36(38)42-4)21-31(27)30-20-29(24-13-9-6-10-14-24)34(40-2)22-28(30)23-11-7-5-8-12-23/h5-22H,1-4H3. The normalized spacial score (nSPS) is 10.6. The molecule has 0 saturated carbocycles. The summed E-state index contributed by atoms with van der Waals surface area (Å²) in [5.74, 6) is 0.116. The van der Waals surface area contributed by atoms with Gasteiger partial charge in [-0.1, -0.05) is 72.8 Å². The maximum atomic E-state index is 13.0. The minimum absolute atomic E-state index is 0.104. The van der Waals surface area contributed by atoms with Crippen LogP contribution in [0.5, 0.6) is 11.5 Å². The van der Waals surface area contributed by atoms with Crippen molar-refractivity contribution >= 4 is 11.9 Å².